The van der Waals surface area contributed by atoms with Crippen LogP contribution in [0.4, 0.5) is 8.78 Å². The molecule has 0 bridgehead atoms. The number of nitrogens with zero attached hydrogens (tertiary/aromatic N) is 1. The molecule has 0 amide bonds. The van der Waals surface area contributed by atoms with Crippen LogP contribution < -0.4 is 10.1 Å². The number of hydrogen-bond donors (Lipinski definition) is 1. The lowest BCUT2D eigenvalue weighted by atomic mass is 10.2. The van der Waals surface area contributed by atoms with Gasteiger partial charge in [-0.1, -0.05) is 13.8 Å². The molecule has 1 N–H and O–H groups in total. The van der Waals surface area contributed by atoms with E-state index in [2.05, 4.69) is 24.1 Å². The van der Waals surface area contributed by atoms with Crippen molar-refractivity contribution in [2.24, 2.45) is 5.92 Å². The van der Waals surface area contributed by atoms with Crippen LogP contribution in [-0.2, 0) is 6.54 Å². The summed E-state index contributed by atoms with van der Waals surface area (Å²) in [4.78, 5) is 4.04. The number of hydrogen-bond acceptors (Lipinski definition) is 3. The summed E-state index contributed by atoms with van der Waals surface area (Å²) >= 11 is 0. The first-order valence-electron chi connectivity index (χ1n) is 6.82. The molecule has 0 saturated heterocycles. The highest BCUT2D eigenvalue weighted by atomic mass is 19.1. The number of benzene rings is 1. The normalized spacial score (nSPS) is 10.9. The van der Waals surface area contributed by atoms with Crippen molar-refractivity contribution in [2.75, 3.05) is 6.54 Å². The van der Waals surface area contributed by atoms with Gasteiger partial charge in [0.1, 0.15) is 11.6 Å². The van der Waals surface area contributed by atoms with Crippen LogP contribution in [0.15, 0.2) is 36.7 Å². The second-order valence-corrected chi connectivity index (χ2v) is 5.18. The number of halogens is 2. The van der Waals surface area contributed by atoms with E-state index in [1.165, 1.54) is 0 Å². The van der Waals surface area contributed by atoms with Crippen molar-refractivity contribution in [1.29, 1.82) is 0 Å². The molecule has 2 aromatic rings. The third-order valence-electron chi connectivity index (χ3n) is 2.84. The maximum Gasteiger partial charge on any atom is 0.165 e. The van der Waals surface area contributed by atoms with E-state index in [4.69, 9.17) is 4.74 Å². The monoisotopic (exact) mass is 292 g/mol. The van der Waals surface area contributed by atoms with Crippen LogP contribution in [0.1, 0.15) is 19.4 Å². The molecule has 21 heavy (non-hydrogen) atoms. The maximum absolute atomic E-state index is 13.6. The smallest absolute Gasteiger partial charge is 0.165 e. The molecule has 1 heterocycles. The summed E-state index contributed by atoms with van der Waals surface area (Å²) in [5.74, 6) is -0.294. The lowest BCUT2D eigenvalue weighted by Gasteiger charge is -2.13. The number of pyridine rings is 1. The Morgan fingerprint density at radius 1 is 1.19 bits per heavy atom. The molecule has 2 rings (SSSR count). The van der Waals surface area contributed by atoms with Gasteiger partial charge in [0.25, 0.3) is 0 Å². The van der Waals surface area contributed by atoms with Crippen molar-refractivity contribution in [1.82, 2.24) is 10.3 Å². The number of rotatable bonds is 6. The lowest BCUT2D eigenvalue weighted by molar-refractivity contribution is 0.428. The van der Waals surface area contributed by atoms with Crippen molar-refractivity contribution in [3.63, 3.8) is 0 Å². The van der Waals surface area contributed by atoms with E-state index in [-0.39, 0.29) is 5.75 Å². The van der Waals surface area contributed by atoms with E-state index in [1.54, 1.807) is 18.5 Å². The quantitative estimate of drug-likeness (QED) is 0.877. The highest BCUT2D eigenvalue weighted by molar-refractivity contribution is 5.36. The molecule has 0 aliphatic rings. The average Bonchev–Trinajstić information content (AvgIpc) is 2.44. The molecule has 0 atom stereocenters. The van der Waals surface area contributed by atoms with Gasteiger partial charge in [-0.3, -0.25) is 4.98 Å². The average molecular weight is 292 g/mol. The Morgan fingerprint density at radius 3 is 2.76 bits per heavy atom. The van der Waals surface area contributed by atoms with Crippen LogP contribution >= 0.6 is 0 Å². The van der Waals surface area contributed by atoms with Crippen molar-refractivity contribution in [3.8, 4) is 11.5 Å². The summed E-state index contributed by atoms with van der Waals surface area (Å²) in [6.07, 6.45) is 3.21. The van der Waals surface area contributed by atoms with E-state index in [9.17, 15) is 8.78 Å². The van der Waals surface area contributed by atoms with Gasteiger partial charge in [-0.2, -0.15) is 0 Å². The second-order valence-electron chi connectivity index (χ2n) is 5.18. The molecular formula is C16H18F2N2O. The predicted molar refractivity (Wildman–Crippen MR) is 77.2 cm³/mol. The summed E-state index contributed by atoms with van der Waals surface area (Å²) in [7, 11) is 0. The summed E-state index contributed by atoms with van der Waals surface area (Å²) in [5.41, 5.74) is 0.793. The molecule has 0 aliphatic carbocycles. The highest BCUT2D eigenvalue weighted by Gasteiger charge is 2.10. The van der Waals surface area contributed by atoms with Gasteiger partial charge in [0.15, 0.2) is 11.6 Å². The van der Waals surface area contributed by atoms with Gasteiger partial charge in [0.05, 0.1) is 0 Å². The summed E-state index contributed by atoms with van der Waals surface area (Å²) < 4.78 is 32.3. The lowest BCUT2D eigenvalue weighted by Crippen LogP contribution is -2.19. The van der Waals surface area contributed by atoms with E-state index < -0.39 is 11.6 Å². The minimum Gasteiger partial charge on any atom is -0.454 e. The fourth-order valence-corrected chi connectivity index (χ4v) is 1.82. The predicted octanol–water partition coefficient (Wildman–Crippen LogP) is 3.90. The van der Waals surface area contributed by atoms with Crippen molar-refractivity contribution < 1.29 is 13.5 Å². The van der Waals surface area contributed by atoms with E-state index in [0.717, 1.165) is 30.3 Å². The molecule has 112 valence electrons. The van der Waals surface area contributed by atoms with Gasteiger partial charge in [-0.05, 0) is 30.7 Å². The molecule has 3 nitrogen and oxygen atoms in total. The zero-order valence-electron chi connectivity index (χ0n) is 12.1. The fraction of sp³-hybridized carbons (Fsp3) is 0.312. The van der Waals surface area contributed by atoms with Crippen molar-refractivity contribution in [3.05, 3.63) is 53.9 Å². The van der Waals surface area contributed by atoms with E-state index in [1.807, 2.05) is 0 Å². The number of nitrogens with one attached hydrogen (secondary N) is 1. The first kappa shape index (κ1) is 15.4. The molecular weight excluding hydrogens is 274 g/mol. The Labute approximate surface area is 123 Å². The molecule has 0 unspecified atom stereocenters. The van der Waals surface area contributed by atoms with Crippen LogP contribution in [0.2, 0.25) is 0 Å². The minimum atomic E-state index is -0.602. The molecule has 5 heteroatoms. The summed E-state index contributed by atoms with van der Waals surface area (Å²) in [6, 6.07) is 4.76. The van der Waals surface area contributed by atoms with E-state index >= 15 is 0 Å². The largest absolute Gasteiger partial charge is 0.454 e. The highest BCUT2D eigenvalue weighted by Crippen LogP contribution is 2.27. The van der Waals surface area contributed by atoms with E-state index in [0.29, 0.717) is 18.2 Å². The van der Waals surface area contributed by atoms with Crippen LogP contribution in [0, 0.1) is 17.6 Å². The van der Waals surface area contributed by atoms with Crippen LogP contribution in [0.25, 0.3) is 0 Å². The maximum atomic E-state index is 13.6. The Hall–Kier alpha value is -2.01. The third-order valence-corrected chi connectivity index (χ3v) is 2.84. The van der Waals surface area contributed by atoms with Crippen LogP contribution in [-0.4, -0.2) is 11.5 Å². The van der Waals surface area contributed by atoms with Gasteiger partial charge in [0.2, 0.25) is 0 Å². The third kappa shape index (κ3) is 4.49. The minimum absolute atomic E-state index is 0.133. The standard InChI is InChI=1S/C16H18F2N2O/c1-11(2)8-20-10-12-9-19-6-5-15(12)21-16-7-13(17)3-4-14(16)18/h3-7,9,11,20H,8,10H2,1-2H3. The zero-order valence-corrected chi connectivity index (χ0v) is 12.1. The fourth-order valence-electron chi connectivity index (χ4n) is 1.82. The second kappa shape index (κ2) is 7.13. The van der Waals surface area contributed by atoms with Gasteiger partial charge >= 0.3 is 0 Å². The summed E-state index contributed by atoms with van der Waals surface area (Å²) in [6.45, 7) is 5.62. The molecule has 0 aliphatic heterocycles. The van der Waals surface area contributed by atoms with Gasteiger partial charge in [-0.25, -0.2) is 8.78 Å². The van der Waals surface area contributed by atoms with Crippen molar-refractivity contribution in [2.45, 2.75) is 20.4 Å². The van der Waals surface area contributed by atoms with Crippen molar-refractivity contribution >= 4 is 0 Å². The van der Waals surface area contributed by atoms with Gasteiger partial charge < -0.3 is 10.1 Å². The van der Waals surface area contributed by atoms with Crippen LogP contribution in [0.5, 0.6) is 11.5 Å². The van der Waals surface area contributed by atoms with Gasteiger partial charge in [0, 0.05) is 30.6 Å². The Kier molecular flexibility index (Phi) is 5.22. The molecule has 0 radical (unpaired) electrons. The van der Waals surface area contributed by atoms with Gasteiger partial charge in [-0.15, -0.1) is 0 Å². The zero-order chi connectivity index (χ0) is 15.2. The molecule has 0 spiro atoms. The van der Waals surface area contributed by atoms with Crippen LogP contribution in [0.3, 0.4) is 0 Å². The molecule has 1 aromatic carbocycles. The topological polar surface area (TPSA) is 34.2 Å². The molecule has 0 fully saturated rings. The molecule has 1 aromatic heterocycles. The Morgan fingerprint density at radius 2 is 2.00 bits per heavy atom. The first-order chi connectivity index (χ1) is 10.1. The Bertz CT molecular complexity index is 603. The molecule has 0 saturated carbocycles. The number of ether oxygens (including phenoxy) is 1. The number of aromatic nitrogens is 1. The Balaban J connectivity index is 2.14. The first-order valence-corrected chi connectivity index (χ1v) is 6.82. The SMILES string of the molecule is CC(C)CNCc1cnccc1Oc1cc(F)ccc1F. The summed E-state index contributed by atoms with van der Waals surface area (Å²) in [5, 5.41) is 3.27.